The fraction of sp³-hybridized carbons (Fsp3) is 0.375. The molecule has 0 aromatic carbocycles. The van der Waals surface area contributed by atoms with E-state index in [0.29, 0.717) is 11.6 Å². The molecule has 0 radical (unpaired) electrons. The van der Waals surface area contributed by atoms with Crippen LogP contribution in [0.5, 0.6) is 0 Å². The number of H-pyrrole nitrogens is 1. The Labute approximate surface area is 96.2 Å². The molecule has 1 heterocycles. The van der Waals surface area contributed by atoms with Crippen molar-refractivity contribution < 1.29 is 0 Å². The number of nitrogens with one attached hydrogen (secondary N) is 2. The van der Waals surface area contributed by atoms with Crippen molar-refractivity contribution in [2.45, 2.75) is 6.92 Å². The maximum Gasteiger partial charge on any atom is 0.252 e. The molecular weight excluding hydrogens is 232 g/mol. The number of aryl methyl sites for hydroxylation is 1. The van der Waals surface area contributed by atoms with Gasteiger partial charge in [0, 0.05) is 11.8 Å². The third-order valence-corrected chi connectivity index (χ3v) is 3.35. The van der Waals surface area contributed by atoms with Gasteiger partial charge in [-0.15, -0.1) is 23.5 Å². The minimum Gasteiger partial charge on any atom is -0.291 e. The first-order valence-corrected chi connectivity index (χ1v) is 6.60. The summed E-state index contributed by atoms with van der Waals surface area (Å²) < 4.78 is 0.874. The summed E-state index contributed by atoms with van der Waals surface area (Å²) in [5, 5.41) is 4.07. The molecule has 82 valence electrons. The summed E-state index contributed by atoms with van der Waals surface area (Å²) in [6, 6.07) is 1.43. The molecule has 0 aliphatic rings. The van der Waals surface area contributed by atoms with Gasteiger partial charge in [0.05, 0.1) is 0 Å². The largest absolute Gasteiger partial charge is 0.291 e. The number of nitrogens with zero attached hydrogens (tertiary/aromatic N) is 2. The molecule has 1 aromatic heterocycles. The lowest BCUT2D eigenvalue weighted by molar-refractivity contribution is 1.04. The Morgan fingerprint density at radius 2 is 2.20 bits per heavy atom. The number of anilines is 1. The predicted molar refractivity (Wildman–Crippen MR) is 67.7 cm³/mol. The Morgan fingerprint density at radius 3 is 2.73 bits per heavy atom. The molecule has 1 aromatic rings. The van der Waals surface area contributed by atoms with Crippen molar-refractivity contribution in [3.63, 3.8) is 0 Å². The highest BCUT2D eigenvalue weighted by Gasteiger charge is 1.97. The number of hydrazone groups is 1. The zero-order valence-electron chi connectivity index (χ0n) is 8.70. The van der Waals surface area contributed by atoms with E-state index in [-0.39, 0.29) is 5.56 Å². The predicted octanol–water partition coefficient (Wildman–Crippen LogP) is 1.49. The molecular formula is C8H12N4OS2. The van der Waals surface area contributed by atoms with Crippen LogP contribution in [0, 0.1) is 6.92 Å². The van der Waals surface area contributed by atoms with Gasteiger partial charge in [0.2, 0.25) is 5.95 Å². The van der Waals surface area contributed by atoms with E-state index < -0.39 is 0 Å². The zero-order chi connectivity index (χ0) is 11.3. The van der Waals surface area contributed by atoms with Crippen LogP contribution in [0.1, 0.15) is 5.69 Å². The summed E-state index contributed by atoms with van der Waals surface area (Å²) >= 11 is 3.06. The van der Waals surface area contributed by atoms with Gasteiger partial charge in [-0.05, 0) is 19.4 Å². The van der Waals surface area contributed by atoms with Crippen LogP contribution in [0.25, 0.3) is 0 Å². The van der Waals surface area contributed by atoms with E-state index in [4.69, 9.17) is 0 Å². The van der Waals surface area contributed by atoms with Gasteiger partial charge in [-0.25, -0.2) is 10.4 Å². The Balaban J connectivity index is 2.81. The van der Waals surface area contributed by atoms with Crippen LogP contribution < -0.4 is 11.0 Å². The highest BCUT2D eigenvalue weighted by Crippen LogP contribution is 2.10. The summed E-state index contributed by atoms with van der Waals surface area (Å²) in [7, 11) is 0. The highest BCUT2D eigenvalue weighted by atomic mass is 32.2. The smallest absolute Gasteiger partial charge is 0.252 e. The van der Waals surface area contributed by atoms with Crippen LogP contribution in [0.2, 0.25) is 0 Å². The Bertz CT molecular complexity index is 409. The van der Waals surface area contributed by atoms with Crippen LogP contribution >= 0.6 is 23.5 Å². The van der Waals surface area contributed by atoms with Crippen LogP contribution in [0.15, 0.2) is 16.0 Å². The van der Waals surface area contributed by atoms with Gasteiger partial charge in [0.25, 0.3) is 5.56 Å². The summed E-state index contributed by atoms with van der Waals surface area (Å²) in [6.07, 6.45) is 3.87. The third-order valence-electron chi connectivity index (χ3n) is 1.47. The number of aromatic amines is 1. The van der Waals surface area contributed by atoms with Gasteiger partial charge >= 0.3 is 0 Å². The van der Waals surface area contributed by atoms with Gasteiger partial charge in [0.15, 0.2) is 0 Å². The molecule has 0 saturated heterocycles. The first kappa shape index (κ1) is 12.1. The van der Waals surface area contributed by atoms with Crippen LogP contribution in [0.4, 0.5) is 5.95 Å². The standard InChI is InChI=1S/C8H12N4OS2/c1-5-4-6(13)10-7(9-5)11-12-8(14-2)15-3/h4H,1-3H3,(H2,9,10,11,13). The second-order valence-electron chi connectivity index (χ2n) is 2.63. The van der Waals surface area contributed by atoms with Crippen LogP contribution in [-0.4, -0.2) is 26.9 Å². The van der Waals surface area contributed by atoms with Crippen molar-refractivity contribution in [2.75, 3.05) is 17.9 Å². The molecule has 7 heteroatoms. The van der Waals surface area contributed by atoms with Gasteiger partial charge < -0.3 is 0 Å². The van der Waals surface area contributed by atoms with Crippen molar-refractivity contribution in [1.29, 1.82) is 0 Å². The summed E-state index contributed by atoms with van der Waals surface area (Å²) in [5.41, 5.74) is 3.18. The molecule has 0 aliphatic carbocycles. The van der Waals surface area contributed by atoms with Gasteiger partial charge in [-0.3, -0.25) is 9.78 Å². The Morgan fingerprint density at radius 1 is 1.53 bits per heavy atom. The van der Waals surface area contributed by atoms with E-state index in [1.54, 1.807) is 6.92 Å². The Kier molecular flexibility index (Phi) is 4.70. The van der Waals surface area contributed by atoms with E-state index in [9.17, 15) is 4.79 Å². The topological polar surface area (TPSA) is 70.1 Å². The van der Waals surface area contributed by atoms with Crippen molar-refractivity contribution >= 4 is 33.8 Å². The van der Waals surface area contributed by atoms with Crippen molar-refractivity contribution in [1.82, 2.24) is 9.97 Å². The summed E-state index contributed by atoms with van der Waals surface area (Å²) in [6.45, 7) is 1.76. The van der Waals surface area contributed by atoms with Crippen LogP contribution in [0.3, 0.4) is 0 Å². The molecule has 0 amide bonds. The van der Waals surface area contributed by atoms with Crippen molar-refractivity contribution in [2.24, 2.45) is 5.10 Å². The normalized spacial score (nSPS) is 9.80. The molecule has 2 N–H and O–H groups in total. The molecule has 0 saturated carbocycles. The van der Waals surface area contributed by atoms with E-state index in [0.717, 1.165) is 4.38 Å². The van der Waals surface area contributed by atoms with E-state index >= 15 is 0 Å². The number of hydrogen-bond acceptors (Lipinski definition) is 6. The number of rotatable bonds is 2. The summed E-state index contributed by atoms with van der Waals surface area (Å²) in [4.78, 5) is 17.7. The lowest BCUT2D eigenvalue weighted by atomic mass is 10.5. The molecule has 0 atom stereocenters. The third kappa shape index (κ3) is 3.96. The quantitative estimate of drug-likeness (QED) is 0.468. The maximum absolute atomic E-state index is 11.1. The fourth-order valence-corrected chi connectivity index (χ4v) is 1.85. The van der Waals surface area contributed by atoms with E-state index in [1.807, 2.05) is 12.5 Å². The SMILES string of the molecule is CSC(=NNc1nc(C)cc(=O)[nH]1)SC. The second-order valence-corrected chi connectivity index (χ2v) is 4.48. The molecule has 0 unspecified atom stereocenters. The zero-order valence-corrected chi connectivity index (χ0v) is 10.3. The van der Waals surface area contributed by atoms with Gasteiger partial charge in [-0.1, -0.05) is 0 Å². The first-order chi connectivity index (χ1) is 7.15. The molecule has 1 rings (SSSR count). The average molecular weight is 244 g/mol. The molecule has 0 aliphatic heterocycles. The fourth-order valence-electron chi connectivity index (χ4n) is 0.905. The van der Waals surface area contributed by atoms with E-state index in [1.165, 1.54) is 29.6 Å². The minimum atomic E-state index is -0.185. The number of aromatic nitrogens is 2. The monoisotopic (exact) mass is 244 g/mol. The molecule has 0 fully saturated rings. The minimum absolute atomic E-state index is 0.185. The van der Waals surface area contributed by atoms with Gasteiger partial charge in [0.1, 0.15) is 4.38 Å². The van der Waals surface area contributed by atoms with Crippen LogP contribution in [-0.2, 0) is 0 Å². The maximum atomic E-state index is 11.1. The highest BCUT2D eigenvalue weighted by molar-refractivity contribution is 8.38. The average Bonchev–Trinajstić information content (AvgIpc) is 2.18. The first-order valence-electron chi connectivity index (χ1n) is 4.15. The van der Waals surface area contributed by atoms with Gasteiger partial charge in [-0.2, -0.15) is 5.10 Å². The molecule has 15 heavy (non-hydrogen) atoms. The molecule has 0 spiro atoms. The molecule has 5 nitrogen and oxygen atoms in total. The lowest BCUT2D eigenvalue weighted by Crippen LogP contribution is -2.10. The Hall–Kier alpha value is -0.950. The second kappa shape index (κ2) is 5.82. The summed E-state index contributed by atoms with van der Waals surface area (Å²) in [5.74, 6) is 0.362. The van der Waals surface area contributed by atoms with Crippen molar-refractivity contribution in [3.05, 3.63) is 22.1 Å². The number of thioether (sulfide) groups is 2. The molecule has 0 bridgehead atoms. The van der Waals surface area contributed by atoms with Crippen molar-refractivity contribution in [3.8, 4) is 0 Å². The lowest BCUT2D eigenvalue weighted by Gasteiger charge is -2.01. The van der Waals surface area contributed by atoms with E-state index in [2.05, 4.69) is 20.5 Å². The number of hydrogen-bond donors (Lipinski definition) is 2.